The molecule has 278 valence electrons. The maximum Gasteiger partial charge on any atom is 0.136 e. The maximum absolute atomic E-state index is 6.69. The van der Waals surface area contributed by atoms with Gasteiger partial charge in [-0.3, -0.25) is 0 Å². The summed E-state index contributed by atoms with van der Waals surface area (Å²) in [4.78, 5) is 2.42. The van der Waals surface area contributed by atoms with Crippen molar-refractivity contribution in [3.63, 3.8) is 0 Å². The molecule has 0 radical (unpaired) electrons. The third-order valence-corrected chi connectivity index (χ3v) is 12.7. The van der Waals surface area contributed by atoms with Crippen molar-refractivity contribution < 1.29 is 4.42 Å². The topological polar surface area (TPSA) is 16.4 Å². The fraction of sp³-hybridized carbons (Fsp3) is 0.0526. The quantitative estimate of drug-likeness (QED) is 0.163. The van der Waals surface area contributed by atoms with Gasteiger partial charge in [0.05, 0.1) is 5.69 Å². The van der Waals surface area contributed by atoms with Crippen molar-refractivity contribution >= 4 is 71.3 Å². The standard InChI is InChI=1S/C57H39NO/c1-2-18-41(19-3-1)58(52-35-39-16-5-7-21-44(39)46-22-8-10-24-48(46)52)42-32-29-38(30-33-42)45-34-31-40-36-54-56(51-26-12-13-28-53(51)59-54)57(55(40)50-25-11-9-23-47(45)50)49-27-14-17-37-15-4-6-20-43(37)49/h1-30,32-33,35-36,45H,31,34H2. The molecule has 1 aliphatic rings. The first-order valence-corrected chi connectivity index (χ1v) is 20.7. The lowest BCUT2D eigenvalue weighted by Gasteiger charge is -2.28. The summed E-state index contributed by atoms with van der Waals surface area (Å²) in [5.74, 6) is 0.211. The SMILES string of the molecule is c1ccc(N(c2ccc(C3CCc4cc5oc6ccccc6c5c(-c5cccc6ccccc56)c4-c4ccccc43)cc2)c2cc3ccccc3c3ccccc23)cc1. The van der Waals surface area contributed by atoms with Crippen LogP contribution in [0.25, 0.3) is 76.5 Å². The zero-order valence-electron chi connectivity index (χ0n) is 32.5. The second kappa shape index (κ2) is 13.6. The van der Waals surface area contributed by atoms with Gasteiger partial charge < -0.3 is 9.32 Å². The van der Waals surface area contributed by atoms with Gasteiger partial charge in [0, 0.05) is 39.0 Å². The molecule has 0 N–H and O–H groups in total. The van der Waals surface area contributed by atoms with Crippen molar-refractivity contribution in [1.82, 2.24) is 0 Å². The molecule has 1 aliphatic carbocycles. The smallest absolute Gasteiger partial charge is 0.136 e. The highest BCUT2D eigenvalue weighted by Crippen LogP contribution is 2.51. The highest BCUT2D eigenvalue weighted by Gasteiger charge is 2.29. The van der Waals surface area contributed by atoms with E-state index in [0.717, 1.165) is 40.8 Å². The average Bonchev–Trinajstić information content (AvgIpc) is 3.59. The van der Waals surface area contributed by atoms with Crippen molar-refractivity contribution in [2.24, 2.45) is 0 Å². The summed E-state index contributed by atoms with van der Waals surface area (Å²) in [5, 5.41) is 9.84. The molecule has 10 aromatic carbocycles. The highest BCUT2D eigenvalue weighted by molar-refractivity contribution is 6.20. The van der Waals surface area contributed by atoms with E-state index in [9.17, 15) is 0 Å². The van der Waals surface area contributed by atoms with E-state index in [2.05, 4.69) is 211 Å². The third kappa shape index (κ3) is 5.41. The average molecular weight is 754 g/mol. The monoisotopic (exact) mass is 753 g/mol. The molecule has 0 spiro atoms. The van der Waals surface area contributed by atoms with Gasteiger partial charge in [-0.1, -0.05) is 164 Å². The van der Waals surface area contributed by atoms with Gasteiger partial charge in [0.2, 0.25) is 0 Å². The van der Waals surface area contributed by atoms with Crippen molar-refractivity contribution in [1.29, 1.82) is 0 Å². The van der Waals surface area contributed by atoms with E-state index >= 15 is 0 Å². The normalized spacial score (nSPS) is 13.8. The van der Waals surface area contributed by atoms with Crippen molar-refractivity contribution in [2.75, 3.05) is 4.90 Å². The second-order valence-electron chi connectivity index (χ2n) is 15.9. The van der Waals surface area contributed by atoms with E-state index in [1.54, 1.807) is 0 Å². The summed E-state index contributed by atoms with van der Waals surface area (Å²) in [6.07, 6.45) is 1.92. The molecule has 1 unspecified atom stereocenters. The Kier molecular flexibility index (Phi) is 7.77. The molecule has 0 amide bonds. The molecule has 0 fully saturated rings. The first kappa shape index (κ1) is 33.7. The van der Waals surface area contributed by atoms with Gasteiger partial charge in [0.1, 0.15) is 11.2 Å². The minimum Gasteiger partial charge on any atom is -0.456 e. The van der Waals surface area contributed by atoms with Crippen molar-refractivity contribution in [2.45, 2.75) is 18.8 Å². The maximum atomic E-state index is 6.69. The number of nitrogens with zero attached hydrogens (tertiary/aromatic N) is 1. The van der Waals surface area contributed by atoms with Crippen LogP contribution in [0, 0.1) is 0 Å². The molecular weight excluding hydrogens is 715 g/mol. The number of furan rings is 1. The Bertz CT molecular complexity index is 3390. The van der Waals surface area contributed by atoms with Crippen LogP contribution in [0.3, 0.4) is 0 Å². The van der Waals surface area contributed by atoms with E-state index in [0.29, 0.717) is 0 Å². The predicted molar refractivity (Wildman–Crippen MR) is 248 cm³/mol. The molecule has 11 aromatic rings. The van der Waals surface area contributed by atoms with Crippen LogP contribution in [0.15, 0.2) is 211 Å². The lowest BCUT2D eigenvalue weighted by atomic mass is 9.83. The van der Waals surface area contributed by atoms with Gasteiger partial charge in [-0.2, -0.15) is 0 Å². The van der Waals surface area contributed by atoms with E-state index in [1.165, 1.54) is 82.3 Å². The summed E-state index contributed by atoms with van der Waals surface area (Å²) in [6, 6.07) is 75.6. The lowest BCUT2D eigenvalue weighted by molar-refractivity contribution is 0.667. The van der Waals surface area contributed by atoms with Crippen LogP contribution >= 0.6 is 0 Å². The zero-order chi connectivity index (χ0) is 38.9. The van der Waals surface area contributed by atoms with Crippen LogP contribution in [0.4, 0.5) is 17.1 Å². The number of anilines is 3. The minimum atomic E-state index is 0.211. The Labute approximate surface area is 343 Å². The molecular formula is C57H39NO. The summed E-state index contributed by atoms with van der Waals surface area (Å²) >= 11 is 0. The van der Waals surface area contributed by atoms with Crippen molar-refractivity contribution in [3.8, 4) is 22.3 Å². The molecule has 0 bridgehead atoms. The fourth-order valence-electron chi connectivity index (χ4n) is 10.1. The number of rotatable bonds is 5. The Balaban J connectivity index is 1.03. The molecule has 1 aromatic heterocycles. The largest absolute Gasteiger partial charge is 0.456 e. The van der Waals surface area contributed by atoms with Gasteiger partial charge >= 0.3 is 0 Å². The van der Waals surface area contributed by atoms with E-state index in [1.807, 2.05) is 0 Å². The Morgan fingerprint density at radius 1 is 0.424 bits per heavy atom. The molecule has 1 heterocycles. The number of hydrogen-bond donors (Lipinski definition) is 0. The first-order chi connectivity index (χ1) is 29.3. The molecule has 2 nitrogen and oxygen atoms in total. The van der Waals surface area contributed by atoms with E-state index < -0.39 is 0 Å². The fourth-order valence-corrected chi connectivity index (χ4v) is 10.1. The minimum absolute atomic E-state index is 0.211. The Morgan fingerprint density at radius 3 is 1.90 bits per heavy atom. The van der Waals surface area contributed by atoms with E-state index in [-0.39, 0.29) is 5.92 Å². The first-order valence-electron chi connectivity index (χ1n) is 20.7. The molecule has 0 saturated heterocycles. The summed E-state index contributed by atoms with van der Waals surface area (Å²) in [6.45, 7) is 0. The summed E-state index contributed by atoms with van der Waals surface area (Å²) in [5.41, 5.74) is 14.5. The lowest BCUT2D eigenvalue weighted by Crippen LogP contribution is -2.11. The number of aryl methyl sites for hydroxylation is 1. The van der Waals surface area contributed by atoms with Crippen LogP contribution in [0.2, 0.25) is 0 Å². The number of fused-ring (bicyclic) bond motifs is 10. The van der Waals surface area contributed by atoms with Gasteiger partial charge in [0.25, 0.3) is 0 Å². The molecule has 1 atom stereocenters. The van der Waals surface area contributed by atoms with Gasteiger partial charge in [-0.15, -0.1) is 0 Å². The summed E-state index contributed by atoms with van der Waals surface area (Å²) in [7, 11) is 0. The van der Waals surface area contributed by atoms with E-state index in [4.69, 9.17) is 4.42 Å². The number of benzene rings is 10. The third-order valence-electron chi connectivity index (χ3n) is 12.7. The van der Waals surface area contributed by atoms with Crippen LogP contribution in [0.1, 0.15) is 29.0 Å². The number of hydrogen-bond acceptors (Lipinski definition) is 2. The molecule has 0 aliphatic heterocycles. The Hall–Kier alpha value is -7.42. The molecule has 12 rings (SSSR count). The summed E-state index contributed by atoms with van der Waals surface area (Å²) < 4.78 is 6.69. The van der Waals surface area contributed by atoms with Crippen LogP contribution in [0.5, 0.6) is 0 Å². The molecule has 59 heavy (non-hydrogen) atoms. The second-order valence-corrected chi connectivity index (χ2v) is 15.9. The van der Waals surface area contributed by atoms with Crippen LogP contribution in [-0.4, -0.2) is 0 Å². The Morgan fingerprint density at radius 2 is 1.05 bits per heavy atom. The van der Waals surface area contributed by atoms with Gasteiger partial charge in [0.15, 0.2) is 0 Å². The molecule has 2 heteroatoms. The predicted octanol–water partition coefficient (Wildman–Crippen LogP) is 15.9. The zero-order valence-corrected chi connectivity index (χ0v) is 32.5. The number of para-hydroxylation sites is 2. The van der Waals surface area contributed by atoms with Crippen LogP contribution in [-0.2, 0) is 6.42 Å². The van der Waals surface area contributed by atoms with Crippen LogP contribution < -0.4 is 4.90 Å². The van der Waals surface area contributed by atoms with Gasteiger partial charge in [-0.05, 0) is 116 Å². The van der Waals surface area contributed by atoms with Gasteiger partial charge in [-0.25, -0.2) is 0 Å². The highest BCUT2D eigenvalue weighted by atomic mass is 16.3. The molecule has 0 saturated carbocycles. The van der Waals surface area contributed by atoms with Crippen molar-refractivity contribution in [3.05, 3.63) is 223 Å².